The Balaban J connectivity index is 2.47. The zero-order valence-electron chi connectivity index (χ0n) is 11.0. The average Bonchev–Trinajstić information content (AvgIpc) is 2.53. The fraction of sp³-hybridized carbons (Fsp3) is 0.636. The molecule has 0 spiro atoms. The standard InChI is InChI=1S/C11H20N4O2/c1-11(2,3)13-10(16)12-7-8-6-9(17-5)15(4)14-8/h6H,7H2,1-5H3,(H2,12,13,16). The Kier molecular flexibility index (Phi) is 3.98. The molecule has 6 heteroatoms. The number of carbonyl (C=O) groups is 1. The summed E-state index contributed by atoms with van der Waals surface area (Å²) in [5.74, 6) is 0.665. The van der Waals surface area contributed by atoms with Crippen LogP contribution in [0.25, 0.3) is 0 Å². The molecule has 6 nitrogen and oxygen atoms in total. The summed E-state index contributed by atoms with van der Waals surface area (Å²) in [7, 11) is 3.37. The zero-order valence-corrected chi connectivity index (χ0v) is 11.0. The first-order valence-electron chi connectivity index (χ1n) is 5.45. The molecule has 0 aliphatic rings. The van der Waals surface area contributed by atoms with E-state index in [4.69, 9.17) is 4.74 Å². The third kappa shape index (κ3) is 4.34. The molecule has 0 saturated carbocycles. The van der Waals surface area contributed by atoms with Gasteiger partial charge in [0.1, 0.15) is 0 Å². The number of aryl methyl sites for hydroxylation is 1. The number of methoxy groups -OCH3 is 1. The van der Waals surface area contributed by atoms with E-state index in [-0.39, 0.29) is 11.6 Å². The second-order valence-corrected chi connectivity index (χ2v) is 4.86. The van der Waals surface area contributed by atoms with Crippen molar-refractivity contribution in [2.24, 2.45) is 7.05 Å². The van der Waals surface area contributed by atoms with E-state index in [2.05, 4.69) is 15.7 Å². The van der Waals surface area contributed by atoms with E-state index in [1.54, 1.807) is 24.9 Å². The first-order chi connectivity index (χ1) is 7.81. The maximum absolute atomic E-state index is 11.5. The second kappa shape index (κ2) is 5.07. The molecule has 0 aliphatic heterocycles. The Morgan fingerprint density at radius 2 is 2.18 bits per heavy atom. The van der Waals surface area contributed by atoms with Crippen LogP contribution in [0.3, 0.4) is 0 Å². The van der Waals surface area contributed by atoms with Gasteiger partial charge in [0.2, 0.25) is 5.88 Å². The molecule has 0 aliphatic carbocycles. The highest BCUT2D eigenvalue weighted by Crippen LogP contribution is 2.10. The molecule has 2 N–H and O–H groups in total. The fourth-order valence-corrected chi connectivity index (χ4v) is 1.34. The minimum Gasteiger partial charge on any atom is -0.481 e. The van der Waals surface area contributed by atoms with Crippen molar-refractivity contribution in [2.45, 2.75) is 32.9 Å². The normalized spacial score (nSPS) is 11.1. The highest BCUT2D eigenvalue weighted by molar-refractivity contribution is 5.74. The number of aromatic nitrogens is 2. The third-order valence-electron chi connectivity index (χ3n) is 2.02. The Hall–Kier alpha value is -1.72. The zero-order chi connectivity index (χ0) is 13.1. The molecule has 0 radical (unpaired) electrons. The van der Waals surface area contributed by atoms with Gasteiger partial charge in [0.05, 0.1) is 19.3 Å². The molecule has 2 amide bonds. The number of urea groups is 1. The summed E-state index contributed by atoms with van der Waals surface area (Å²) in [4.78, 5) is 11.5. The summed E-state index contributed by atoms with van der Waals surface area (Å²) < 4.78 is 6.71. The number of nitrogens with one attached hydrogen (secondary N) is 2. The van der Waals surface area contributed by atoms with Gasteiger partial charge in [-0.05, 0) is 20.8 Å². The molecule has 0 bridgehead atoms. The van der Waals surface area contributed by atoms with Gasteiger partial charge in [-0.25, -0.2) is 9.48 Å². The Labute approximate surface area is 101 Å². The van der Waals surface area contributed by atoms with Crippen LogP contribution < -0.4 is 15.4 Å². The van der Waals surface area contributed by atoms with E-state index in [1.807, 2.05) is 20.8 Å². The van der Waals surface area contributed by atoms with Crippen molar-refractivity contribution in [1.29, 1.82) is 0 Å². The summed E-state index contributed by atoms with van der Waals surface area (Å²) in [6, 6.07) is 1.58. The molecule has 0 atom stereocenters. The lowest BCUT2D eigenvalue weighted by molar-refractivity contribution is 0.231. The fourth-order valence-electron chi connectivity index (χ4n) is 1.34. The number of rotatable bonds is 3. The molecule has 1 rings (SSSR count). The van der Waals surface area contributed by atoms with E-state index in [1.165, 1.54) is 0 Å². The van der Waals surface area contributed by atoms with E-state index in [0.717, 1.165) is 5.69 Å². The minimum atomic E-state index is -0.244. The lowest BCUT2D eigenvalue weighted by Crippen LogP contribution is -2.46. The van der Waals surface area contributed by atoms with Crippen molar-refractivity contribution in [3.63, 3.8) is 0 Å². The minimum absolute atomic E-state index is 0.206. The first kappa shape index (κ1) is 13.3. The SMILES string of the molecule is COc1cc(CNC(=O)NC(C)(C)C)nn1C. The molecule has 0 fully saturated rings. The van der Waals surface area contributed by atoms with E-state index in [0.29, 0.717) is 12.4 Å². The predicted molar refractivity (Wildman–Crippen MR) is 64.9 cm³/mol. The molecular weight excluding hydrogens is 220 g/mol. The summed E-state index contributed by atoms with van der Waals surface area (Å²) in [5, 5.41) is 9.75. The molecule has 0 unspecified atom stereocenters. The lowest BCUT2D eigenvalue weighted by Gasteiger charge is -2.20. The van der Waals surface area contributed by atoms with Gasteiger partial charge in [0, 0.05) is 18.7 Å². The van der Waals surface area contributed by atoms with E-state index >= 15 is 0 Å². The Bertz CT molecular complexity index is 393. The average molecular weight is 240 g/mol. The van der Waals surface area contributed by atoms with Crippen molar-refractivity contribution in [2.75, 3.05) is 7.11 Å². The van der Waals surface area contributed by atoms with Gasteiger partial charge in [-0.15, -0.1) is 0 Å². The van der Waals surface area contributed by atoms with Gasteiger partial charge in [-0.2, -0.15) is 5.10 Å². The lowest BCUT2D eigenvalue weighted by atomic mass is 10.1. The van der Waals surface area contributed by atoms with Gasteiger partial charge in [0.25, 0.3) is 0 Å². The summed E-state index contributed by atoms with van der Waals surface area (Å²) in [5.41, 5.74) is 0.514. The summed E-state index contributed by atoms with van der Waals surface area (Å²) in [6.07, 6.45) is 0. The first-order valence-corrected chi connectivity index (χ1v) is 5.45. The van der Waals surface area contributed by atoms with Gasteiger partial charge < -0.3 is 15.4 Å². The van der Waals surface area contributed by atoms with Crippen LogP contribution in [0.5, 0.6) is 5.88 Å². The largest absolute Gasteiger partial charge is 0.481 e. The quantitative estimate of drug-likeness (QED) is 0.829. The van der Waals surface area contributed by atoms with E-state index in [9.17, 15) is 4.79 Å². The van der Waals surface area contributed by atoms with Crippen LogP contribution >= 0.6 is 0 Å². The topological polar surface area (TPSA) is 68.2 Å². The van der Waals surface area contributed by atoms with Crippen LogP contribution in [0.1, 0.15) is 26.5 Å². The Morgan fingerprint density at radius 3 is 2.65 bits per heavy atom. The highest BCUT2D eigenvalue weighted by Gasteiger charge is 2.13. The number of amides is 2. The van der Waals surface area contributed by atoms with Crippen LogP contribution in [0.2, 0.25) is 0 Å². The molecule has 96 valence electrons. The number of ether oxygens (including phenoxy) is 1. The van der Waals surface area contributed by atoms with Gasteiger partial charge in [-0.1, -0.05) is 0 Å². The van der Waals surface area contributed by atoms with Crippen molar-refractivity contribution in [3.05, 3.63) is 11.8 Å². The number of hydrogen-bond acceptors (Lipinski definition) is 3. The number of carbonyl (C=O) groups excluding carboxylic acids is 1. The van der Waals surface area contributed by atoms with Gasteiger partial charge >= 0.3 is 6.03 Å². The number of hydrogen-bond donors (Lipinski definition) is 2. The molecule has 0 saturated heterocycles. The maximum atomic E-state index is 11.5. The van der Waals surface area contributed by atoms with Crippen molar-refractivity contribution in [3.8, 4) is 5.88 Å². The molecule has 17 heavy (non-hydrogen) atoms. The van der Waals surface area contributed by atoms with Crippen LogP contribution in [0.4, 0.5) is 4.79 Å². The maximum Gasteiger partial charge on any atom is 0.315 e. The molecule has 0 aromatic carbocycles. The van der Waals surface area contributed by atoms with Gasteiger partial charge in [0.15, 0.2) is 0 Å². The van der Waals surface area contributed by atoms with Crippen LogP contribution in [0, 0.1) is 0 Å². The number of nitrogens with zero attached hydrogens (tertiary/aromatic N) is 2. The second-order valence-electron chi connectivity index (χ2n) is 4.86. The molecular formula is C11H20N4O2. The van der Waals surface area contributed by atoms with Crippen molar-refractivity contribution < 1.29 is 9.53 Å². The van der Waals surface area contributed by atoms with Crippen molar-refractivity contribution in [1.82, 2.24) is 20.4 Å². The molecule has 1 aromatic heterocycles. The van der Waals surface area contributed by atoms with Gasteiger partial charge in [-0.3, -0.25) is 0 Å². The highest BCUT2D eigenvalue weighted by atomic mass is 16.5. The summed E-state index contributed by atoms with van der Waals surface area (Å²) in [6.45, 7) is 6.15. The molecule has 1 aromatic rings. The predicted octanol–water partition coefficient (Wildman–Crippen LogP) is 1.03. The Morgan fingerprint density at radius 1 is 1.53 bits per heavy atom. The molecule has 1 heterocycles. The smallest absolute Gasteiger partial charge is 0.315 e. The third-order valence-corrected chi connectivity index (χ3v) is 2.02. The van der Waals surface area contributed by atoms with Crippen LogP contribution in [-0.2, 0) is 13.6 Å². The van der Waals surface area contributed by atoms with Crippen LogP contribution in [-0.4, -0.2) is 28.5 Å². The van der Waals surface area contributed by atoms with Crippen molar-refractivity contribution >= 4 is 6.03 Å². The van der Waals surface area contributed by atoms with E-state index < -0.39 is 0 Å². The monoisotopic (exact) mass is 240 g/mol. The summed E-state index contributed by atoms with van der Waals surface area (Å²) >= 11 is 0. The van der Waals surface area contributed by atoms with Crippen LogP contribution in [0.15, 0.2) is 6.07 Å².